The molecule has 0 unspecified atom stereocenters. The molecule has 0 aromatic heterocycles. The van der Waals surface area contributed by atoms with E-state index in [0.29, 0.717) is 13.1 Å². The third kappa shape index (κ3) is 8.49. The van der Waals surface area contributed by atoms with Crippen molar-refractivity contribution in [1.29, 1.82) is 0 Å². The topological polar surface area (TPSA) is 116 Å². The third-order valence-corrected chi connectivity index (χ3v) is 6.46. The van der Waals surface area contributed by atoms with Gasteiger partial charge < -0.3 is 20.1 Å². The number of carboxylic acids is 1. The molecule has 2 aromatic rings. The highest BCUT2D eigenvalue weighted by atomic mass is 19.2. The van der Waals surface area contributed by atoms with Crippen molar-refractivity contribution in [2.45, 2.75) is 45.2 Å². The number of amides is 2. The Morgan fingerprint density at radius 3 is 2.29 bits per heavy atom. The number of piperazine rings is 1. The predicted octanol–water partition coefficient (Wildman–Crippen LogP) is 2.79. The Bertz CT molecular complexity index is 1300. The Labute approximate surface area is 234 Å². The monoisotopic (exact) mass is 581 g/mol. The SMILES string of the molecule is CC(C)(C)c1cccc(CN2CCN(CC(=O)N[C@@H](CC(=O)O)C(=O)COc3c(F)c(F)cc(F)c3F)C(=O)C2)c1. The van der Waals surface area contributed by atoms with E-state index in [2.05, 4.69) is 36.9 Å². The molecule has 1 atom stereocenters. The van der Waals surface area contributed by atoms with Crippen LogP contribution in [0.4, 0.5) is 17.6 Å². The first-order valence-electron chi connectivity index (χ1n) is 12.7. The number of carboxylic acid groups (broad SMARTS) is 1. The molecular formula is C28H31F4N3O6. The maximum atomic E-state index is 13.8. The summed E-state index contributed by atoms with van der Waals surface area (Å²) in [7, 11) is 0. The van der Waals surface area contributed by atoms with Gasteiger partial charge in [0.25, 0.3) is 0 Å². The number of nitrogens with one attached hydrogen (secondary N) is 1. The Balaban J connectivity index is 1.57. The summed E-state index contributed by atoms with van der Waals surface area (Å²) in [5.41, 5.74) is 2.16. The molecule has 13 heteroatoms. The van der Waals surface area contributed by atoms with E-state index in [-0.39, 0.29) is 30.5 Å². The summed E-state index contributed by atoms with van der Waals surface area (Å²) in [6.07, 6.45) is -0.911. The van der Waals surface area contributed by atoms with Gasteiger partial charge in [-0.3, -0.25) is 24.1 Å². The maximum absolute atomic E-state index is 13.8. The zero-order valence-corrected chi connectivity index (χ0v) is 22.8. The normalized spacial score (nSPS) is 15.0. The number of carbonyl (C=O) groups is 4. The van der Waals surface area contributed by atoms with Crippen LogP contribution >= 0.6 is 0 Å². The molecule has 1 fully saturated rings. The first-order valence-corrected chi connectivity index (χ1v) is 12.7. The van der Waals surface area contributed by atoms with Crippen LogP contribution in [0.15, 0.2) is 30.3 Å². The van der Waals surface area contributed by atoms with Crippen LogP contribution in [0.25, 0.3) is 0 Å². The molecule has 41 heavy (non-hydrogen) atoms. The summed E-state index contributed by atoms with van der Waals surface area (Å²) in [5.74, 6) is -12.6. The summed E-state index contributed by atoms with van der Waals surface area (Å²) in [6.45, 7) is 5.89. The Morgan fingerprint density at radius 2 is 1.71 bits per heavy atom. The summed E-state index contributed by atoms with van der Waals surface area (Å²) < 4.78 is 59.0. The van der Waals surface area contributed by atoms with Crippen molar-refractivity contribution >= 4 is 23.6 Å². The van der Waals surface area contributed by atoms with Crippen molar-refractivity contribution in [3.8, 4) is 5.75 Å². The minimum Gasteiger partial charge on any atom is -0.481 e. The van der Waals surface area contributed by atoms with Crippen LogP contribution < -0.4 is 10.1 Å². The molecule has 0 bridgehead atoms. The number of ketones is 1. The summed E-state index contributed by atoms with van der Waals surface area (Å²) in [6, 6.07) is 6.31. The second kappa shape index (κ2) is 13.1. The molecule has 9 nitrogen and oxygen atoms in total. The van der Waals surface area contributed by atoms with E-state index in [0.717, 1.165) is 11.1 Å². The van der Waals surface area contributed by atoms with Gasteiger partial charge >= 0.3 is 5.97 Å². The highest BCUT2D eigenvalue weighted by molar-refractivity contribution is 5.94. The molecule has 1 saturated heterocycles. The van der Waals surface area contributed by atoms with E-state index >= 15 is 0 Å². The van der Waals surface area contributed by atoms with Crippen molar-refractivity contribution in [2.75, 3.05) is 32.8 Å². The first kappa shape index (κ1) is 31.5. The van der Waals surface area contributed by atoms with Crippen LogP contribution in [0.1, 0.15) is 38.3 Å². The minimum absolute atomic E-state index is 0.0341. The molecule has 1 aliphatic rings. The summed E-state index contributed by atoms with van der Waals surface area (Å²) in [4.78, 5) is 52.3. The van der Waals surface area contributed by atoms with Crippen molar-refractivity contribution < 1.29 is 46.6 Å². The average Bonchev–Trinajstić information content (AvgIpc) is 2.88. The van der Waals surface area contributed by atoms with Crippen molar-refractivity contribution in [2.24, 2.45) is 0 Å². The van der Waals surface area contributed by atoms with Crippen LogP contribution in [0.2, 0.25) is 0 Å². The number of benzene rings is 2. The van der Waals surface area contributed by atoms with Gasteiger partial charge in [-0.2, -0.15) is 8.78 Å². The molecule has 0 radical (unpaired) electrons. The van der Waals surface area contributed by atoms with Crippen LogP contribution in [-0.4, -0.2) is 77.3 Å². The largest absolute Gasteiger partial charge is 0.481 e. The number of Topliss-reactive ketones (excluding diaryl/α,β-unsaturated/α-hetero) is 1. The van der Waals surface area contributed by atoms with Gasteiger partial charge in [0.15, 0.2) is 23.2 Å². The third-order valence-electron chi connectivity index (χ3n) is 6.46. The number of ether oxygens (including phenoxy) is 1. The minimum atomic E-state index is -1.88. The Morgan fingerprint density at radius 1 is 1.05 bits per heavy atom. The van der Waals surface area contributed by atoms with Crippen molar-refractivity contribution in [3.63, 3.8) is 0 Å². The summed E-state index contributed by atoms with van der Waals surface area (Å²) >= 11 is 0. The first-order chi connectivity index (χ1) is 19.1. The van der Waals surface area contributed by atoms with E-state index in [1.165, 1.54) is 4.90 Å². The van der Waals surface area contributed by atoms with Crippen molar-refractivity contribution in [1.82, 2.24) is 15.1 Å². The quantitative estimate of drug-likeness (QED) is 0.310. The van der Waals surface area contributed by atoms with Crippen molar-refractivity contribution in [3.05, 3.63) is 64.7 Å². The molecule has 0 spiro atoms. The van der Waals surface area contributed by atoms with Gasteiger partial charge in [0, 0.05) is 25.7 Å². The lowest BCUT2D eigenvalue weighted by molar-refractivity contribution is -0.143. The van der Waals surface area contributed by atoms with Gasteiger partial charge in [0.2, 0.25) is 23.4 Å². The van der Waals surface area contributed by atoms with Gasteiger partial charge in [-0.05, 0) is 16.5 Å². The molecular weight excluding hydrogens is 550 g/mol. The van der Waals surface area contributed by atoms with E-state index in [4.69, 9.17) is 5.11 Å². The zero-order chi connectivity index (χ0) is 30.5. The Hall–Kier alpha value is -4.00. The molecule has 3 rings (SSSR count). The fourth-order valence-electron chi connectivity index (χ4n) is 4.21. The summed E-state index contributed by atoms with van der Waals surface area (Å²) in [5, 5.41) is 11.3. The molecule has 2 aromatic carbocycles. The molecule has 222 valence electrons. The van der Waals surface area contributed by atoms with E-state index < -0.39 is 72.3 Å². The lowest BCUT2D eigenvalue weighted by Crippen LogP contribution is -2.54. The van der Waals surface area contributed by atoms with E-state index in [9.17, 15) is 36.7 Å². The highest BCUT2D eigenvalue weighted by Gasteiger charge is 2.30. The molecule has 1 aliphatic heterocycles. The highest BCUT2D eigenvalue weighted by Crippen LogP contribution is 2.26. The number of nitrogens with zero attached hydrogens (tertiary/aromatic N) is 2. The lowest BCUT2D eigenvalue weighted by Gasteiger charge is -2.34. The van der Waals surface area contributed by atoms with Crippen LogP contribution in [0.3, 0.4) is 0 Å². The number of aliphatic carboxylic acids is 1. The number of carbonyl (C=O) groups excluding carboxylic acids is 3. The fourth-order valence-corrected chi connectivity index (χ4v) is 4.21. The standard InChI is InChI=1S/C28H31F4N3O6/c1-28(2,3)17-6-4-5-16(9-17)12-34-7-8-35(23(38)14-34)13-22(37)33-20(11-24(39)40)21(36)15-41-27-25(31)18(29)10-19(30)26(27)32/h4-6,9-10,20H,7-8,11-15H2,1-3H3,(H,33,37)(H,39,40)/t20-/m0/s1. The molecule has 0 saturated carbocycles. The number of hydrogen-bond acceptors (Lipinski definition) is 6. The molecule has 0 aliphatic carbocycles. The van der Waals surface area contributed by atoms with Gasteiger partial charge in [0.1, 0.15) is 12.6 Å². The molecule has 2 amide bonds. The van der Waals surface area contributed by atoms with Crippen LogP contribution in [0.5, 0.6) is 5.75 Å². The molecule has 2 N–H and O–H groups in total. The molecule has 1 heterocycles. The van der Waals surface area contributed by atoms with Gasteiger partial charge in [-0.15, -0.1) is 0 Å². The van der Waals surface area contributed by atoms with Crippen LogP contribution in [0, 0.1) is 23.3 Å². The van der Waals surface area contributed by atoms with Gasteiger partial charge in [0.05, 0.1) is 19.5 Å². The lowest BCUT2D eigenvalue weighted by atomic mass is 9.86. The van der Waals surface area contributed by atoms with E-state index in [1.807, 2.05) is 23.1 Å². The van der Waals surface area contributed by atoms with Gasteiger partial charge in [-0.1, -0.05) is 45.0 Å². The number of hydrogen-bond donors (Lipinski definition) is 2. The maximum Gasteiger partial charge on any atom is 0.305 e. The van der Waals surface area contributed by atoms with Crippen LogP contribution in [-0.2, 0) is 31.1 Å². The number of halogens is 4. The van der Waals surface area contributed by atoms with Gasteiger partial charge in [-0.25, -0.2) is 8.78 Å². The fraction of sp³-hybridized carbons (Fsp3) is 0.429. The zero-order valence-electron chi connectivity index (χ0n) is 22.8. The van der Waals surface area contributed by atoms with E-state index in [1.54, 1.807) is 0 Å². The number of rotatable bonds is 11. The predicted molar refractivity (Wildman–Crippen MR) is 138 cm³/mol. The average molecular weight is 582 g/mol. The Kier molecular flexibility index (Phi) is 10.1. The second-order valence-corrected chi connectivity index (χ2v) is 10.7. The second-order valence-electron chi connectivity index (χ2n) is 10.7. The smallest absolute Gasteiger partial charge is 0.305 e.